The van der Waals surface area contributed by atoms with Crippen molar-refractivity contribution in [1.82, 2.24) is 0 Å². The second-order valence-electron chi connectivity index (χ2n) is 13.3. The van der Waals surface area contributed by atoms with Crippen molar-refractivity contribution in [2.45, 2.75) is 19.3 Å². The van der Waals surface area contributed by atoms with E-state index in [1.54, 1.807) is 0 Å². The number of hydrogen-bond donors (Lipinski definition) is 0. The van der Waals surface area contributed by atoms with Gasteiger partial charge in [-0.15, -0.1) is 0 Å². The third-order valence-electron chi connectivity index (χ3n) is 10.4. The summed E-state index contributed by atoms with van der Waals surface area (Å²) in [4.78, 5) is 2.44. The maximum atomic E-state index is 6.25. The molecule has 10 rings (SSSR count). The highest BCUT2D eigenvalue weighted by atomic mass is 16.3. The fourth-order valence-electron chi connectivity index (χ4n) is 8.33. The Morgan fingerprint density at radius 2 is 1.17 bits per heavy atom. The molecule has 2 heteroatoms. The van der Waals surface area contributed by atoms with Crippen LogP contribution in [0.15, 0.2) is 156 Å². The Morgan fingerprint density at radius 3 is 2.09 bits per heavy atom. The van der Waals surface area contributed by atoms with Crippen LogP contribution in [0.3, 0.4) is 0 Å². The Hall–Kier alpha value is -5.86. The molecular formula is C45H31NO. The van der Waals surface area contributed by atoms with Crippen LogP contribution in [0.5, 0.6) is 0 Å². The van der Waals surface area contributed by atoms with Crippen LogP contribution >= 0.6 is 0 Å². The van der Waals surface area contributed by atoms with Crippen molar-refractivity contribution in [3.63, 3.8) is 0 Å². The zero-order chi connectivity index (χ0) is 31.3. The maximum absolute atomic E-state index is 6.25. The van der Waals surface area contributed by atoms with Crippen molar-refractivity contribution in [3.8, 4) is 11.1 Å². The van der Waals surface area contributed by atoms with Gasteiger partial charge in [0.2, 0.25) is 0 Å². The number of furan rings is 1. The zero-order valence-corrected chi connectivity index (χ0v) is 26.3. The molecule has 0 amide bonds. The topological polar surface area (TPSA) is 16.4 Å². The minimum atomic E-state index is -0.135. The van der Waals surface area contributed by atoms with Crippen LogP contribution in [-0.4, -0.2) is 0 Å². The predicted octanol–water partition coefficient (Wildman–Crippen LogP) is 12.8. The molecule has 0 atom stereocenters. The van der Waals surface area contributed by atoms with E-state index in [4.69, 9.17) is 4.42 Å². The van der Waals surface area contributed by atoms with Crippen molar-refractivity contribution in [2.75, 3.05) is 4.90 Å². The fraction of sp³-hybridized carbons (Fsp3) is 0.0667. The van der Waals surface area contributed by atoms with Crippen molar-refractivity contribution in [3.05, 3.63) is 163 Å². The summed E-state index contributed by atoms with van der Waals surface area (Å²) in [5.74, 6) is 0. The molecule has 0 saturated carbocycles. The van der Waals surface area contributed by atoms with Crippen LogP contribution in [0.2, 0.25) is 0 Å². The van der Waals surface area contributed by atoms with Gasteiger partial charge >= 0.3 is 0 Å². The summed E-state index contributed by atoms with van der Waals surface area (Å²) >= 11 is 0. The van der Waals surface area contributed by atoms with E-state index in [0.29, 0.717) is 0 Å². The number of para-hydroxylation sites is 2. The Bertz CT molecular complexity index is 2720. The molecule has 9 aromatic rings. The number of nitrogens with zero attached hydrogens (tertiary/aromatic N) is 1. The number of benzene rings is 8. The third-order valence-corrected chi connectivity index (χ3v) is 10.4. The minimum absolute atomic E-state index is 0.135. The zero-order valence-electron chi connectivity index (χ0n) is 26.3. The van der Waals surface area contributed by atoms with E-state index in [1.807, 2.05) is 6.07 Å². The normalized spacial score (nSPS) is 13.5. The van der Waals surface area contributed by atoms with Gasteiger partial charge in [0.1, 0.15) is 11.2 Å². The first-order valence-electron chi connectivity index (χ1n) is 16.4. The molecule has 222 valence electrons. The first kappa shape index (κ1) is 26.4. The van der Waals surface area contributed by atoms with Crippen molar-refractivity contribution in [2.24, 2.45) is 0 Å². The largest absolute Gasteiger partial charge is 0.456 e. The molecule has 8 aromatic carbocycles. The molecule has 47 heavy (non-hydrogen) atoms. The molecule has 0 bridgehead atoms. The summed E-state index contributed by atoms with van der Waals surface area (Å²) in [5.41, 5.74) is 10.6. The van der Waals surface area contributed by atoms with Gasteiger partial charge in [-0.2, -0.15) is 0 Å². The van der Waals surface area contributed by atoms with Crippen LogP contribution in [-0.2, 0) is 5.41 Å². The molecule has 0 saturated heterocycles. The van der Waals surface area contributed by atoms with Gasteiger partial charge in [-0.25, -0.2) is 0 Å². The smallest absolute Gasteiger partial charge is 0.136 e. The highest BCUT2D eigenvalue weighted by Crippen LogP contribution is 2.54. The first-order chi connectivity index (χ1) is 23.1. The van der Waals surface area contributed by atoms with Crippen molar-refractivity contribution < 1.29 is 4.42 Å². The second-order valence-corrected chi connectivity index (χ2v) is 13.3. The maximum Gasteiger partial charge on any atom is 0.136 e. The van der Waals surface area contributed by atoms with E-state index in [9.17, 15) is 0 Å². The Morgan fingerprint density at radius 1 is 0.468 bits per heavy atom. The van der Waals surface area contributed by atoms with Gasteiger partial charge in [0, 0.05) is 27.6 Å². The number of rotatable bonds is 3. The summed E-state index contributed by atoms with van der Waals surface area (Å²) in [7, 11) is 0. The summed E-state index contributed by atoms with van der Waals surface area (Å²) in [5, 5.41) is 9.81. The summed E-state index contributed by atoms with van der Waals surface area (Å²) in [6.07, 6.45) is 0. The van der Waals surface area contributed by atoms with E-state index in [1.165, 1.54) is 65.6 Å². The highest BCUT2D eigenvalue weighted by molar-refractivity contribution is 6.28. The lowest BCUT2D eigenvalue weighted by molar-refractivity contribution is 0.661. The second kappa shape index (κ2) is 9.57. The van der Waals surface area contributed by atoms with Crippen molar-refractivity contribution in [1.29, 1.82) is 0 Å². The minimum Gasteiger partial charge on any atom is -0.456 e. The molecule has 2 nitrogen and oxygen atoms in total. The van der Waals surface area contributed by atoms with Crippen LogP contribution in [0.4, 0.5) is 17.1 Å². The SMILES string of the molecule is CC1(C)c2ccccc2-c2cccc(N(c3ccccc3)c3ccc4c(ccc5ccc6c(ccc7oc8ccccc8c76)c54)c3)c21. The molecular weight excluding hydrogens is 571 g/mol. The summed E-state index contributed by atoms with van der Waals surface area (Å²) < 4.78 is 6.25. The number of hydrogen-bond acceptors (Lipinski definition) is 2. The van der Waals surface area contributed by atoms with Gasteiger partial charge < -0.3 is 9.32 Å². The summed E-state index contributed by atoms with van der Waals surface area (Å²) in [6, 6.07) is 55.2. The Labute approximate surface area is 273 Å². The average molecular weight is 602 g/mol. The molecule has 1 aliphatic carbocycles. The van der Waals surface area contributed by atoms with Crippen LogP contribution in [0, 0.1) is 0 Å². The average Bonchev–Trinajstić information content (AvgIpc) is 3.61. The predicted molar refractivity (Wildman–Crippen MR) is 198 cm³/mol. The Balaban J connectivity index is 1.22. The highest BCUT2D eigenvalue weighted by Gasteiger charge is 2.38. The number of fused-ring (bicyclic) bond motifs is 12. The molecule has 0 unspecified atom stereocenters. The fourth-order valence-corrected chi connectivity index (χ4v) is 8.33. The molecule has 0 fully saturated rings. The first-order valence-corrected chi connectivity index (χ1v) is 16.4. The van der Waals surface area contributed by atoms with Crippen LogP contribution < -0.4 is 4.90 Å². The number of anilines is 3. The molecule has 1 heterocycles. The molecule has 0 spiro atoms. The van der Waals surface area contributed by atoms with Gasteiger partial charge in [-0.05, 0) is 103 Å². The van der Waals surface area contributed by atoms with Gasteiger partial charge in [0.05, 0.1) is 5.69 Å². The molecule has 0 radical (unpaired) electrons. The molecule has 0 aliphatic heterocycles. The van der Waals surface area contributed by atoms with E-state index in [2.05, 4.69) is 164 Å². The quantitative estimate of drug-likeness (QED) is 0.187. The monoisotopic (exact) mass is 601 g/mol. The van der Waals surface area contributed by atoms with Gasteiger partial charge in [0.25, 0.3) is 0 Å². The molecule has 0 N–H and O–H groups in total. The van der Waals surface area contributed by atoms with Gasteiger partial charge in [0.15, 0.2) is 0 Å². The van der Waals surface area contributed by atoms with Gasteiger partial charge in [-0.1, -0.05) is 117 Å². The lowest BCUT2D eigenvalue weighted by Gasteiger charge is -2.32. The van der Waals surface area contributed by atoms with Crippen LogP contribution in [0.1, 0.15) is 25.0 Å². The molecule has 1 aliphatic rings. The third kappa shape index (κ3) is 3.67. The lowest BCUT2D eigenvalue weighted by Crippen LogP contribution is -2.20. The van der Waals surface area contributed by atoms with E-state index in [-0.39, 0.29) is 5.41 Å². The standard InChI is InChI=1S/C45H31NO/c1-45(2)38-16-8-6-13-33(38)36-15-10-17-39(44(36)45)46(30-11-4-3-5-12-30)31-22-24-32-29(27-31)20-19-28-21-23-35-34(42(28)32)25-26-41-43(35)37-14-7-9-18-40(37)47-41/h3-27H,1-2H3. The van der Waals surface area contributed by atoms with Gasteiger partial charge in [-0.3, -0.25) is 0 Å². The Kier molecular flexibility index (Phi) is 5.37. The van der Waals surface area contributed by atoms with E-state index >= 15 is 0 Å². The van der Waals surface area contributed by atoms with Crippen molar-refractivity contribution >= 4 is 71.3 Å². The van der Waals surface area contributed by atoms with E-state index in [0.717, 1.165) is 27.9 Å². The lowest BCUT2D eigenvalue weighted by atomic mass is 9.81. The molecule has 1 aromatic heterocycles. The van der Waals surface area contributed by atoms with E-state index < -0.39 is 0 Å². The van der Waals surface area contributed by atoms with Crippen LogP contribution in [0.25, 0.3) is 65.4 Å². The summed E-state index contributed by atoms with van der Waals surface area (Å²) in [6.45, 7) is 4.73.